The average Bonchev–Trinajstić information content (AvgIpc) is 2.45. The van der Waals surface area contributed by atoms with Crippen LogP contribution in [-0.2, 0) is 4.79 Å². The Labute approximate surface area is 134 Å². The van der Waals surface area contributed by atoms with E-state index in [9.17, 15) is 14.4 Å². The molecule has 0 bridgehead atoms. The molecule has 1 aromatic heterocycles. The maximum atomic E-state index is 11.8. The first kappa shape index (κ1) is 16.0. The molecule has 0 aliphatic rings. The fraction of sp³-hybridized carbons (Fsp3) is 0.133. The Bertz CT molecular complexity index is 819. The topological polar surface area (TPSA) is 94.8 Å². The van der Waals surface area contributed by atoms with Gasteiger partial charge in [-0.15, -0.1) is 0 Å². The van der Waals surface area contributed by atoms with E-state index in [1.807, 2.05) is 30.3 Å². The van der Waals surface area contributed by atoms with E-state index in [1.54, 1.807) is 13.0 Å². The zero-order chi connectivity index (χ0) is 16.1. The maximum absolute atomic E-state index is 11.8. The number of nitrogens with one attached hydrogen (secondary N) is 3. The van der Waals surface area contributed by atoms with Gasteiger partial charge in [0, 0.05) is 16.6 Å². The Morgan fingerprint density at radius 3 is 2.55 bits per heavy atom. The lowest BCUT2D eigenvalue weighted by Crippen LogP contribution is -2.28. The summed E-state index contributed by atoms with van der Waals surface area (Å²) in [6.45, 7) is 1.55. The molecule has 0 aliphatic heterocycles. The first-order chi connectivity index (χ1) is 10.5. The van der Waals surface area contributed by atoms with Gasteiger partial charge in [-0.3, -0.25) is 14.6 Å². The Kier molecular flexibility index (Phi) is 5.11. The molecule has 22 heavy (non-hydrogen) atoms. The number of benzene rings is 1. The summed E-state index contributed by atoms with van der Waals surface area (Å²) in [4.78, 5) is 39.0. The van der Waals surface area contributed by atoms with Gasteiger partial charge in [0.25, 0.3) is 5.56 Å². The smallest absolute Gasteiger partial charge is 0.320 e. The van der Waals surface area contributed by atoms with E-state index in [0.717, 1.165) is 10.0 Å². The number of carbonyl (C=O) groups is 1. The summed E-state index contributed by atoms with van der Waals surface area (Å²) in [5.74, 6) is -0.339. The number of halogens is 1. The molecule has 0 unspecified atom stereocenters. The standard InChI is InChI=1S/C15H14BrN3O3/c1-9-13(14(21)19-15(22)17-9)18-12(20)4-2-3-10-5-7-11(16)8-6-10/h2-3,5-8H,4H2,1H3,(H,18,20)(H2,17,19,21,22)/b3-2+. The zero-order valence-electron chi connectivity index (χ0n) is 11.8. The number of anilines is 1. The van der Waals surface area contributed by atoms with Gasteiger partial charge in [-0.1, -0.05) is 40.2 Å². The summed E-state index contributed by atoms with van der Waals surface area (Å²) in [5.41, 5.74) is 0.122. The van der Waals surface area contributed by atoms with Gasteiger partial charge in [0.05, 0.1) is 0 Å². The summed E-state index contributed by atoms with van der Waals surface area (Å²) >= 11 is 3.35. The molecule has 0 saturated carbocycles. The van der Waals surface area contributed by atoms with Crippen LogP contribution in [0.4, 0.5) is 5.69 Å². The molecule has 0 radical (unpaired) electrons. The minimum Gasteiger partial charge on any atom is -0.320 e. The van der Waals surface area contributed by atoms with Crippen LogP contribution >= 0.6 is 15.9 Å². The number of aromatic amines is 2. The van der Waals surface area contributed by atoms with E-state index >= 15 is 0 Å². The van der Waals surface area contributed by atoms with Gasteiger partial charge in [0.1, 0.15) is 5.69 Å². The first-order valence-corrected chi connectivity index (χ1v) is 7.30. The van der Waals surface area contributed by atoms with Gasteiger partial charge in [0.15, 0.2) is 0 Å². The summed E-state index contributed by atoms with van der Waals surface area (Å²) in [7, 11) is 0. The van der Waals surface area contributed by atoms with Crippen molar-refractivity contribution in [3.05, 3.63) is 66.9 Å². The third-order valence-electron chi connectivity index (χ3n) is 2.88. The second kappa shape index (κ2) is 7.04. The van der Waals surface area contributed by atoms with Crippen LogP contribution in [0, 0.1) is 6.92 Å². The van der Waals surface area contributed by atoms with Crippen LogP contribution in [0.3, 0.4) is 0 Å². The summed E-state index contributed by atoms with van der Waals surface area (Å²) in [6.07, 6.45) is 3.64. The molecule has 0 spiro atoms. The van der Waals surface area contributed by atoms with Gasteiger partial charge >= 0.3 is 5.69 Å². The van der Waals surface area contributed by atoms with Crippen LogP contribution < -0.4 is 16.6 Å². The highest BCUT2D eigenvalue weighted by atomic mass is 79.9. The van der Waals surface area contributed by atoms with Crippen molar-refractivity contribution in [3.8, 4) is 0 Å². The molecule has 1 aromatic carbocycles. The SMILES string of the molecule is Cc1[nH]c(=O)[nH]c(=O)c1NC(=O)C/C=C/c1ccc(Br)cc1. The molecule has 7 heteroatoms. The Morgan fingerprint density at radius 2 is 1.91 bits per heavy atom. The largest absolute Gasteiger partial charge is 0.326 e. The third-order valence-corrected chi connectivity index (χ3v) is 3.41. The maximum Gasteiger partial charge on any atom is 0.326 e. The van der Waals surface area contributed by atoms with Crippen molar-refractivity contribution >= 4 is 33.6 Å². The van der Waals surface area contributed by atoms with E-state index in [0.29, 0.717) is 5.69 Å². The predicted molar refractivity (Wildman–Crippen MR) is 88.8 cm³/mol. The van der Waals surface area contributed by atoms with Crippen LogP contribution in [0.25, 0.3) is 6.08 Å². The molecule has 1 heterocycles. The monoisotopic (exact) mass is 363 g/mol. The quantitative estimate of drug-likeness (QED) is 0.776. The second-order valence-corrected chi connectivity index (χ2v) is 5.53. The number of carbonyl (C=O) groups excluding carboxylic acids is 1. The van der Waals surface area contributed by atoms with Crippen LogP contribution in [-0.4, -0.2) is 15.9 Å². The van der Waals surface area contributed by atoms with Crippen LogP contribution in [0.2, 0.25) is 0 Å². The van der Waals surface area contributed by atoms with Crippen LogP contribution in [0.15, 0.2) is 44.4 Å². The van der Waals surface area contributed by atoms with E-state index < -0.39 is 11.2 Å². The van der Waals surface area contributed by atoms with E-state index in [-0.39, 0.29) is 18.0 Å². The zero-order valence-corrected chi connectivity index (χ0v) is 13.4. The van der Waals surface area contributed by atoms with E-state index in [2.05, 4.69) is 31.2 Å². The number of aromatic nitrogens is 2. The lowest BCUT2D eigenvalue weighted by molar-refractivity contribution is -0.115. The van der Waals surface area contributed by atoms with Gasteiger partial charge in [-0.05, 0) is 24.6 Å². The van der Waals surface area contributed by atoms with Crippen LogP contribution in [0.5, 0.6) is 0 Å². The normalized spacial score (nSPS) is 10.8. The van der Waals surface area contributed by atoms with Crippen molar-refractivity contribution in [2.75, 3.05) is 5.32 Å². The van der Waals surface area contributed by atoms with Crippen molar-refractivity contribution in [1.82, 2.24) is 9.97 Å². The van der Waals surface area contributed by atoms with Gasteiger partial charge in [-0.2, -0.15) is 0 Å². The molecule has 0 aliphatic carbocycles. The Morgan fingerprint density at radius 1 is 1.23 bits per heavy atom. The number of H-pyrrole nitrogens is 2. The minimum absolute atomic E-state index is 0.0571. The number of hydrogen-bond acceptors (Lipinski definition) is 3. The number of amides is 1. The van der Waals surface area contributed by atoms with Gasteiger partial charge in [-0.25, -0.2) is 4.79 Å². The van der Waals surface area contributed by atoms with Crippen molar-refractivity contribution in [1.29, 1.82) is 0 Å². The third kappa shape index (κ3) is 4.29. The molecule has 0 atom stereocenters. The molecular formula is C15H14BrN3O3. The lowest BCUT2D eigenvalue weighted by Gasteiger charge is -2.05. The molecule has 3 N–H and O–H groups in total. The highest BCUT2D eigenvalue weighted by molar-refractivity contribution is 9.10. The molecule has 1 amide bonds. The number of hydrogen-bond donors (Lipinski definition) is 3. The average molecular weight is 364 g/mol. The van der Waals surface area contributed by atoms with Crippen molar-refractivity contribution in [2.45, 2.75) is 13.3 Å². The molecule has 114 valence electrons. The second-order valence-electron chi connectivity index (χ2n) is 4.61. The van der Waals surface area contributed by atoms with Gasteiger partial charge in [0.2, 0.25) is 5.91 Å². The molecule has 2 aromatic rings. The minimum atomic E-state index is -0.619. The summed E-state index contributed by atoms with van der Waals surface area (Å²) < 4.78 is 0.982. The summed E-state index contributed by atoms with van der Waals surface area (Å²) in [6, 6.07) is 7.64. The van der Waals surface area contributed by atoms with E-state index in [4.69, 9.17) is 0 Å². The fourth-order valence-corrected chi connectivity index (χ4v) is 2.08. The molecular weight excluding hydrogens is 350 g/mol. The Balaban J connectivity index is 2.00. The number of rotatable bonds is 4. The predicted octanol–water partition coefficient (Wildman–Crippen LogP) is 2.18. The molecule has 6 nitrogen and oxygen atoms in total. The molecule has 0 fully saturated rings. The van der Waals surface area contributed by atoms with Gasteiger partial charge < -0.3 is 10.3 Å². The van der Waals surface area contributed by atoms with Crippen molar-refractivity contribution in [2.24, 2.45) is 0 Å². The fourth-order valence-electron chi connectivity index (χ4n) is 1.82. The van der Waals surface area contributed by atoms with Crippen LogP contribution in [0.1, 0.15) is 17.7 Å². The highest BCUT2D eigenvalue weighted by Gasteiger charge is 2.08. The highest BCUT2D eigenvalue weighted by Crippen LogP contribution is 2.12. The number of aryl methyl sites for hydroxylation is 1. The molecule has 0 saturated heterocycles. The summed E-state index contributed by atoms with van der Waals surface area (Å²) in [5, 5.41) is 2.49. The lowest BCUT2D eigenvalue weighted by atomic mass is 10.2. The molecule has 2 rings (SSSR count). The van der Waals surface area contributed by atoms with Crippen molar-refractivity contribution < 1.29 is 4.79 Å². The van der Waals surface area contributed by atoms with Crippen molar-refractivity contribution in [3.63, 3.8) is 0 Å². The van der Waals surface area contributed by atoms with E-state index in [1.165, 1.54) is 0 Å². The first-order valence-electron chi connectivity index (χ1n) is 6.51. The Hall–Kier alpha value is -2.41.